The summed E-state index contributed by atoms with van der Waals surface area (Å²) in [5.41, 5.74) is 6.85. The van der Waals surface area contributed by atoms with Crippen LogP contribution in [0.25, 0.3) is 0 Å². The molecule has 0 fully saturated rings. The highest BCUT2D eigenvalue weighted by molar-refractivity contribution is 5.31. The van der Waals surface area contributed by atoms with Crippen molar-refractivity contribution in [3.05, 3.63) is 58.4 Å². The van der Waals surface area contributed by atoms with Crippen molar-refractivity contribution in [1.29, 1.82) is 0 Å². The van der Waals surface area contributed by atoms with Gasteiger partial charge in [-0.3, -0.25) is 0 Å². The van der Waals surface area contributed by atoms with Crippen LogP contribution in [0.1, 0.15) is 28.1 Å². The number of hydrogen-bond acceptors (Lipinski definition) is 1. The van der Waals surface area contributed by atoms with Crippen LogP contribution in [0.3, 0.4) is 0 Å². The second-order valence-corrected chi connectivity index (χ2v) is 4.94. The van der Waals surface area contributed by atoms with Crippen molar-refractivity contribution in [3.63, 3.8) is 0 Å². The van der Waals surface area contributed by atoms with Gasteiger partial charge in [0.25, 0.3) is 0 Å². The molecule has 1 aromatic carbocycles. The monoisotopic (exact) mass is 242 g/mol. The van der Waals surface area contributed by atoms with E-state index >= 15 is 0 Å². The van der Waals surface area contributed by atoms with E-state index in [2.05, 4.69) is 61.0 Å². The Morgan fingerprint density at radius 3 is 2.44 bits per heavy atom. The minimum atomic E-state index is 0.938. The van der Waals surface area contributed by atoms with Crippen LogP contribution in [-0.4, -0.2) is 11.6 Å². The third-order valence-electron chi connectivity index (χ3n) is 3.64. The van der Waals surface area contributed by atoms with Crippen molar-refractivity contribution >= 4 is 0 Å². The lowest BCUT2D eigenvalue weighted by Gasteiger charge is -2.12. The zero-order valence-corrected chi connectivity index (χ0v) is 11.7. The summed E-state index contributed by atoms with van der Waals surface area (Å²) in [6, 6.07) is 10.9. The maximum atomic E-state index is 3.23. The predicted molar refractivity (Wildman–Crippen MR) is 77.0 cm³/mol. The van der Waals surface area contributed by atoms with Gasteiger partial charge < -0.3 is 9.88 Å². The molecule has 18 heavy (non-hydrogen) atoms. The SMILES string of the molecule is CNCc1cc(C)n(Cc2ccccc2C)c1C. The lowest BCUT2D eigenvalue weighted by Crippen LogP contribution is -2.08. The molecule has 0 amide bonds. The van der Waals surface area contributed by atoms with E-state index in [1.807, 2.05) is 7.05 Å². The van der Waals surface area contributed by atoms with Gasteiger partial charge in [0.2, 0.25) is 0 Å². The van der Waals surface area contributed by atoms with Gasteiger partial charge >= 0.3 is 0 Å². The first-order valence-electron chi connectivity index (χ1n) is 6.48. The molecule has 0 saturated heterocycles. The van der Waals surface area contributed by atoms with Gasteiger partial charge in [-0.1, -0.05) is 24.3 Å². The molecule has 2 rings (SSSR count). The van der Waals surface area contributed by atoms with Crippen LogP contribution in [0.4, 0.5) is 0 Å². The first-order chi connectivity index (χ1) is 8.63. The lowest BCUT2D eigenvalue weighted by atomic mass is 10.1. The average molecular weight is 242 g/mol. The molecule has 0 spiro atoms. The van der Waals surface area contributed by atoms with Crippen LogP contribution >= 0.6 is 0 Å². The summed E-state index contributed by atoms with van der Waals surface area (Å²) < 4.78 is 2.40. The number of nitrogens with one attached hydrogen (secondary N) is 1. The Bertz CT molecular complexity index is 538. The van der Waals surface area contributed by atoms with Gasteiger partial charge in [-0.05, 0) is 50.6 Å². The van der Waals surface area contributed by atoms with Crippen LogP contribution in [0.5, 0.6) is 0 Å². The summed E-state index contributed by atoms with van der Waals surface area (Å²) in [6.45, 7) is 8.47. The summed E-state index contributed by atoms with van der Waals surface area (Å²) in [5, 5.41) is 3.23. The minimum Gasteiger partial charge on any atom is -0.344 e. The predicted octanol–water partition coefficient (Wildman–Crippen LogP) is 3.18. The van der Waals surface area contributed by atoms with E-state index in [-0.39, 0.29) is 0 Å². The van der Waals surface area contributed by atoms with Crippen LogP contribution < -0.4 is 5.32 Å². The van der Waals surface area contributed by atoms with E-state index in [0.29, 0.717) is 0 Å². The van der Waals surface area contributed by atoms with E-state index in [4.69, 9.17) is 0 Å². The molecule has 0 unspecified atom stereocenters. The molecule has 0 saturated carbocycles. The molecular formula is C16H22N2. The van der Waals surface area contributed by atoms with Crippen LogP contribution in [0.2, 0.25) is 0 Å². The summed E-state index contributed by atoms with van der Waals surface area (Å²) in [6.07, 6.45) is 0. The third kappa shape index (κ3) is 2.49. The Balaban J connectivity index is 2.32. The molecule has 1 aromatic heterocycles. The molecule has 2 aromatic rings. The van der Waals surface area contributed by atoms with Gasteiger partial charge in [0.05, 0.1) is 0 Å². The molecule has 1 N–H and O–H groups in total. The van der Waals surface area contributed by atoms with E-state index in [0.717, 1.165) is 13.1 Å². The molecule has 96 valence electrons. The van der Waals surface area contributed by atoms with Crippen molar-refractivity contribution in [2.75, 3.05) is 7.05 Å². The molecule has 0 radical (unpaired) electrons. The fourth-order valence-electron chi connectivity index (χ4n) is 2.44. The van der Waals surface area contributed by atoms with Gasteiger partial charge in [0, 0.05) is 24.5 Å². The van der Waals surface area contributed by atoms with Crippen molar-refractivity contribution < 1.29 is 0 Å². The van der Waals surface area contributed by atoms with Crippen LogP contribution in [0.15, 0.2) is 30.3 Å². The smallest absolute Gasteiger partial charge is 0.0477 e. The standard InChI is InChI=1S/C16H22N2/c1-12-7-5-6-8-15(12)11-18-13(2)9-16(10-17-4)14(18)3/h5-9,17H,10-11H2,1-4H3. The average Bonchev–Trinajstić information content (AvgIpc) is 2.60. The Morgan fingerprint density at radius 1 is 1.06 bits per heavy atom. The Labute approximate surface area is 110 Å². The zero-order chi connectivity index (χ0) is 13.1. The highest BCUT2D eigenvalue weighted by atomic mass is 15.0. The number of rotatable bonds is 4. The summed E-state index contributed by atoms with van der Waals surface area (Å²) >= 11 is 0. The Morgan fingerprint density at radius 2 is 1.78 bits per heavy atom. The lowest BCUT2D eigenvalue weighted by molar-refractivity contribution is 0.732. The number of hydrogen-bond donors (Lipinski definition) is 1. The van der Waals surface area contributed by atoms with Crippen LogP contribution in [-0.2, 0) is 13.1 Å². The Kier molecular flexibility index (Phi) is 3.87. The number of benzene rings is 1. The first kappa shape index (κ1) is 12.9. The number of aryl methyl sites for hydroxylation is 2. The molecule has 2 heteroatoms. The fraction of sp³-hybridized carbons (Fsp3) is 0.375. The minimum absolute atomic E-state index is 0.938. The maximum Gasteiger partial charge on any atom is 0.0477 e. The number of nitrogens with zero attached hydrogens (tertiary/aromatic N) is 1. The second kappa shape index (κ2) is 5.40. The molecule has 0 aliphatic heterocycles. The summed E-state index contributed by atoms with van der Waals surface area (Å²) in [4.78, 5) is 0. The van der Waals surface area contributed by atoms with Crippen LogP contribution in [0, 0.1) is 20.8 Å². The van der Waals surface area contributed by atoms with Crippen molar-refractivity contribution in [2.24, 2.45) is 0 Å². The van der Waals surface area contributed by atoms with E-state index in [1.165, 1.54) is 28.1 Å². The van der Waals surface area contributed by atoms with Gasteiger partial charge in [0.1, 0.15) is 0 Å². The molecule has 0 aliphatic carbocycles. The summed E-state index contributed by atoms with van der Waals surface area (Å²) in [7, 11) is 1.99. The molecule has 0 aliphatic rings. The molecular weight excluding hydrogens is 220 g/mol. The van der Waals surface area contributed by atoms with E-state index in [1.54, 1.807) is 0 Å². The van der Waals surface area contributed by atoms with Gasteiger partial charge in [0.15, 0.2) is 0 Å². The van der Waals surface area contributed by atoms with E-state index < -0.39 is 0 Å². The van der Waals surface area contributed by atoms with Gasteiger partial charge in [-0.15, -0.1) is 0 Å². The summed E-state index contributed by atoms with van der Waals surface area (Å²) in [5.74, 6) is 0. The van der Waals surface area contributed by atoms with Gasteiger partial charge in [-0.25, -0.2) is 0 Å². The van der Waals surface area contributed by atoms with E-state index in [9.17, 15) is 0 Å². The van der Waals surface area contributed by atoms with Crippen molar-refractivity contribution in [2.45, 2.75) is 33.9 Å². The topological polar surface area (TPSA) is 17.0 Å². The second-order valence-electron chi connectivity index (χ2n) is 4.94. The maximum absolute atomic E-state index is 3.23. The number of aromatic nitrogens is 1. The van der Waals surface area contributed by atoms with Crippen molar-refractivity contribution in [1.82, 2.24) is 9.88 Å². The first-order valence-corrected chi connectivity index (χ1v) is 6.48. The van der Waals surface area contributed by atoms with Crippen molar-refractivity contribution in [3.8, 4) is 0 Å². The molecule has 2 nitrogen and oxygen atoms in total. The highest BCUT2D eigenvalue weighted by Crippen LogP contribution is 2.18. The zero-order valence-electron chi connectivity index (χ0n) is 11.7. The molecule has 0 bridgehead atoms. The Hall–Kier alpha value is -1.54. The quantitative estimate of drug-likeness (QED) is 0.871. The normalized spacial score (nSPS) is 10.9. The van der Waals surface area contributed by atoms with Gasteiger partial charge in [-0.2, -0.15) is 0 Å². The largest absolute Gasteiger partial charge is 0.344 e. The highest BCUT2D eigenvalue weighted by Gasteiger charge is 2.09. The molecule has 1 heterocycles. The fourth-order valence-corrected chi connectivity index (χ4v) is 2.44. The molecule has 0 atom stereocenters. The third-order valence-corrected chi connectivity index (χ3v) is 3.64.